The minimum absolute atomic E-state index is 0.115. The van der Waals surface area contributed by atoms with Crippen LogP contribution in [-0.4, -0.2) is 30.2 Å². The molecule has 1 atom stereocenters. The average Bonchev–Trinajstić information content (AvgIpc) is 3.80. The van der Waals surface area contributed by atoms with E-state index in [-0.39, 0.29) is 18.5 Å². The Morgan fingerprint density at radius 2 is 1.75 bits per heavy atom. The third kappa shape index (κ3) is 6.30. The molecule has 0 unspecified atom stereocenters. The fraction of sp³-hybridized carbons (Fsp3) is 0.303. The van der Waals surface area contributed by atoms with Gasteiger partial charge in [-0.3, -0.25) is 9.78 Å². The van der Waals surface area contributed by atoms with Gasteiger partial charge < -0.3 is 14.2 Å². The zero-order valence-corrected chi connectivity index (χ0v) is 23.2. The summed E-state index contributed by atoms with van der Waals surface area (Å²) in [6, 6.07) is 18.6. The van der Waals surface area contributed by atoms with Crippen molar-refractivity contribution in [2.45, 2.75) is 45.6 Å². The zero-order valence-electron chi connectivity index (χ0n) is 23.2. The van der Waals surface area contributed by atoms with Crippen molar-refractivity contribution in [2.75, 3.05) is 14.2 Å². The van der Waals surface area contributed by atoms with Gasteiger partial charge in [0.05, 0.1) is 43.9 Å². The molecule has 40 heavy (non-hydrogen) atoms. The van der Waals surface area contributed by atoms with Gasteiger partial charge in [-0.1, -0.05) is 29.3 Å². The highest BCUT2D eigenvalue weighted by Gasteiger charge is 2.34. The molecule has 1 fully saturated rings. The highest BCUT2D eigenvalue weighted by atomic mass is 19.1. The fourth-order valence-electron chi connectivity index (χ4n) is 5.13. The van der Waals surface area contributed by atoms with E-state index in [2.05, 4.69) is 11.1 Å². The lowest BCUT2D eigenvalue weighted by atomic mass is 9.91. The summed E-state index contributed by atoms with van der Waals surface area (Å²) < 4.78 is 31.4. The van der Waals surface area contributed by atoms with Crippen molar-refractivity contribution in [3.05, 3.63) is 95.1 Å². The first-order valence-corrected chi connectivity index (χ1v) is 13.4. The smallest absolute Gasteiger partial charge is 0.306 e. The molecule has 6 nitrogen and oxygen atoms in total. The van der Waals surface area contributed by atoms with Crippen LogP contribution in [0.2, 0.25) is 0 Å². The van der Waals surface area contributed by atoms with Gasteiger partial charge in [0.25, 0.3) is 0 Å². The van der Waals surface area contributed by atoms with Crippen LogP contribution in [0.5, 0.6) is 11.5 Å². The van der Waals surface area contributed by atoms with E-state index in [0.717, 1.165) is 35.1 Å². The molecule has 0 radical (unpaired) electrons. The molecule has 0 aliphatic heterocycles. The lowest BCUT2D eigenvalue weighted by molar-refractivity contribution is -0.141. The molecule has 1 heterocycles. The number of aromatic nitrogens is 2. The maximum absolute atomic E-state index is 15.0. The van der Waals surface area contributed by atoms with E-state index in [9.17, 15) is 4.79 Å². The number of hydrogen-bond acceptors (Lipinski definition) is 6. The molecule has 1 aliphatic rings. The molecule has 0 N–H and O–H groups in total. The van der Waals surface area contributed by atoms with Crippen LogP contribution < -0.4 is 9.47 Å². The Bertz CT molecular complexity index is 1510. The highest BCUT2D eigenvalue weighted by molar-refractivity contribution is 5.79. The Morgan fingerprint density at radius 3 is 2.45 bits per heavy atom. The van der Waals surface area contributed by atoms with Gasteiger partial charge >= 0.3 is 5.97 Å². The van der Waals surface area contributed by atoms with Crippen molar-refractivity contribution in [3.8, 4) is 34.0 Å². The van der Waals surface area contributed by atoms with Gasteiger partial charge in [-0.25, -0.2) is 9.37 Å². The molecule has 0 amide bonds. The molecular weight excluding hydrogens is 507 g/mol. The number of carbonyl (C=O) groups is 1. The number of carbonyl (C=O) groups excluding carboxylic acids is 1. The summed E-state index contributed by atoms with van der Waals surface area (Å²) in [5, 5.41) is 0. The van der Waals surface area contributed by atoms with Crippen LogP contribution in [0.3, 0.4) is 0 Å². The molecule has 4 aromatic rings. The average molecular weight is 541 g/mol. The Hall–Kier alpha value is -4.26. The molecule has 0 saturated heterocycles. The molecule has 1 saturated carbocycles. The van der Waals surface area contributed by atoms with Gasteiger partial charge in [0.15, 0.2) is 0 Å². The van der Waals surface area contributed by atoms with Crippen molar-refractivity contribution >= 4 is 5.97 Å². The van der Waals surface area contributed by atoms with Crippen LogP contribution in [0, 0.1) is 25.6 Å². The van der Waals surface area contributed by atoms with E-state index in [0.29, 0.717) is 46.5 Å². The predicted molar refractivity (Wildman–Crippen MR) is 152 cm³/mol. The lowest BCUT2D eigenvalue weighted by Crippen LogP contribution is -2.10. The number of hydrogen-bond donors (Lipinski definition) is 0. The van der Waals surface area contributed by atoms with Crippen LogP contribution in [0.4, 0.5) is 4.39 Å². The van der Waals surface area contributed by atoms with Gasteiger partial charge in [0.2, 0.25) is 0 Å². The molecule has 206 valence electrons. The maximum atomic E-state index is 15.0. The van der Waals surface area contributed by atoms with Gasteiger partial charge in [0.1, 0.15) is 23.9 Å². The predicted octanol–water partition coefficient (Wildman–Crippen LogP) is 7.21. The van der Waals surface area contributed by atoms with E-state index >= 15 is 4.39 Å². The number of halogens is 1. The normalized spacial score (nSPS) is 13.5. The summed E-state index contributed by atoms with van der Waals surface area (Å²) in [4.78, 5) is 21.6. The Labute approximate surface area is 234 Å². The monoisotopic (exact) mass is 540 g/mol. The standard InChI is InChI=1S/C33H33FN2O4/c1-20-12-21(2)14-24(13-20)32-33(29-16-26(38-3)10-11-30(29)34)35-18-25(36-32)19-40-27-7-5-6-23(15-27)28(22-8-9-22)17-31(37)39-4/h5-7,10-16,18,22,28H,8-9,17,19H2,1-4H3/t28-/m0/s1. The van der Waals surface area contributed by atoms with E-state index in [1.807, 2.05) is 50.2 Å². The third-order valence-electron chi connectivity index (χ3n) is 7.22. The first kappa shape index (κ1) is 27.3. The van der Waals surface area contributed by atoms with E-state index in [1.54, 1.807) is 25.4 Å². The van der Waals surface area contributed by atoms with Crippen molar-refractivity contribution in [1.82, 2.24) is 9.97 Å². The van der Waals surface area contributed by atoms with Crippen LogP contribution in [0.25, 0.3) is 22.5 Å². The number of aryl methyl sites for hydroxylation is 2. The second kappa shape index (κ2) is 11.9. The highest BCUT2D eigenvalue weighted by Crippen LogP contribution is 2.45. The van der Waals surface area contributed by atoms with Gasteiger partial charge in [0, 0.05) is 11.1 Å². The van der Waals surface area contributed by atoms with Crippen LogP contribution in [0.1, 0.15) is 47.6 Å². The summed E-state index contributed by atoms with van der Waals surface area (Å²) in [5.41, 5.74) is 5.99. The van der Waals surface area contributed by atoms with Crippen molar-refractivity contribution in [3.63, 3.8) is 0 Å². The second-order valence-electron chi connectivity index (χ2n) is 10.4. The van der Waals surface area contributed by atoms with Crippen molar-refractivity contribution < 1.29 is 23.4 Å². The molecule has 1 aromatic heterocycles. The lowest BCUT2D eigenvalue weighted by Gasteiger charge is -2.17. The molecule has 1 aliphatic carbocycles. The van der Waals surface area contributed by atoms with Crippen molar-refractivity contribution in [2.24, 2.45) is 5.92 Å². The van der Waals surface area contributed by atoms with Crippen LogP contribution >= 0.6 is 0 Å². The minimum atomic E-state index is -0.404. The minimum Gasteiger partial charge on any atom is -0.497 e. The van der Waals surface area contributed by atoms with E-state index < -0.39 is 5.82 Å². The molecule has 0 spiro atoms. The van der Waals surface area contributed by atoms with Crippen LogP contribution in [-0.2, 0) is 16.1 Å². The molecular formula is C33H33FN2O4. The number of benzene rings is 3. The van der Waals surface area contributed by atoms with Crippen LogP contribution in [0.15, 0.2) is 66.9 Å². The van der Waals surface area contributed by atoms with Gasteiger partial charge in [-0.15, -0.1) is 0 Å². The van der Waals surface area contributed by atoms with Gasteiger partial charge in [-0.2, -0.15) is 0 Å². The number of rotatable bonds is 10. The third-order valence-corrected chi connectivity index (χ3v) is 7.22. The summed E-state index contributed by atoms with van der Waals surface area (Å²) in [7, 11) is 2.97. The number of ether oxygens (including phenoxy) is 3. The van der Waals surface area contributed by atoms with E-state index in [1.165, 1.54) is 13.2 Å². The molecule has 0 bridgehead atoms. The summed E-state index contributed by atoms with van der Waals surface area (Å²) in [5.74, 6) is 1.22. The molecule has 3 aromatic carbocycles. The Balaban J connectivity index is 1.45. The van der Waals surface area contributed by atoms with Crippen molar-refractivity contribution in [1.29, 1.82) is 0 Å². The number of esters is 1. The zero-order chi connectivity index (χ0) is 28.2. The summed E-state index contributed by atoms with van der Waals surface area (Å²) in [6.07, 6.45) is 4.21. The number of nitrogens with zero attached hydrogens (tertiary/aromatic N) is 2. The Morgan fingerprint density at radius 1 is 0.975 bits per heavy atom. The molecule has 5 rings (SSSR count). The Kier molecular flexibility index (Phi) is 8.10. The quantitative estimate of drug-likeness (QED) is 0.198. The largest absolute Gasteiger partial charge is 0.497 e. The SMILES string of the molecule is COC(=O)C[C@H](c1cccc(OCc2cnc(-c3cc(OC)ccc3F)c(-c3cc(C)cc(C)c3)n2)c1)C1CC1. The first-order valence-electron chi connectivity index (χ1n) is 13.4. The topological polar surface area (TPSA) is 70.5 Å². The second-order valence-corrected chi connectivity index (χ2v) is 10.4. The fourth-order valence-corrected chi connectivity index (χ4v) is 5.13. The summed E-state index contributed by atoms with van der Waals surface area (Å²) >= 11 is 0. The first-order chi connectivity index (χ1) is 19.3. The van der Waals surface area contributed by atoms with Gasteiger partial charge in [-0.05, 0) is 86.6 Å². The number of methoxy groups -OCH3 is 2. The van der Waals surface area contributed by atoms with E-state index in [4.69, 9.17) is 19.2 Å². The summed E-state index contributed by atoms with van der Waals surface area (Å²) in [6.45, 7) is 4.22. The molecule has 7 heteroatoms. The maximum Gasteiger partial charge on any atom is 0.306 e.